The molecule has 1 aliphatic heterocycles. The molecule has 2 rings (SSSR count). The van der Waals surface area contributed by atoms with Crippen molar-refractivity contribution in [3.8, 4) is 0 Å². The minimum atomic E-state index is -3.56. The van der Waals surface area contributed by atoms with E-state index in [0.29, 0.717) is 12.1 Å². The normalized spacial score (nSPS) is 15.1. The maximum Gasteiger partial charge on any atom is 0.254 e. The predicted octanol–water partition coefficient (Wildman–Crippen LogP) is 2.70. The zero-order valence-electron chi connectivity index (χ0n) is 14.0. The van der Waals surface area contributed by atoms with Gasteiger partial charge in [-0.05, 0) is 43.9 Å². The Morgan fingerprint density at radius 2 is 1.91 bits per heavy atom. The number of amides is 1. The van der Waals surface area contributed by atoms with Crippen molar-refractivity contribution in [1.82, 2.24) is 9.62 Å². The van der Waals surface area contributed by atoms with Crippen LogP contribution in [0.15, 0.2) is 23.1 Å². The first-order valence-corrected chi connectivity index (χ1v) is 9.83. The van der Waals surface area contributed by atoms with Crippen LogP contribution in [0, 0.1) is 6.92 Å². The van der Waals surface area contributed by atoms with E-state index >= 15 is 0 Å². The van der Waals surface area contributed by atoms with Crippen molar-refractivity contribution in [2.24, 2.45) is 0 Å². The third-order valence-corrected chi connectivity index (χ3v) is 5.67. The Morgan fingerprint density at radius 3 is 2.57 bits per heavy atom. The Labute approximate surface area is 139 Å². The first-order valence-electron chi connectivity index (χ1n) is 8.35. The first-order chi connectivity index (χ1) is 11.0. The molecule has 1 N–H and O–H groups in total. The lowest BCUT2D eigenvalue weighted by atomic mass is 10.1. The zero-order chi connectivity index (χ0) is 16.9. The maximum absolute atomic E-state index is 12.6. The highest BCUT2D eigenvalue weighted by Gasteiger charge is 2.23. The van der Waals surface area contributed by atoms with E-state index in [1.807, 2.05) is 6.92 Å². The van der Waals surface area contributed by atoms with Gasteiger partial charge in [0.1, 0.15) is 0 Å². The van der Waals surface area contributed by atoms with Gasteiger partial charge in [0, 0.05) is 25.2 Å². The summed E-state index contributed by atoms with van der Waals surface area (Å²) in [5.41, 5.74) is 1.30. The third kappa shape index (κ3) is 4.54. The van der Waals surface area contributed by atoms with E-state index in [-0.39, 0.29) is 10.8 Å². The number of aryl methyl sites for hydroxylation is 1. The van der Waals surface area contributed by atoms with E-state index in [9.17, 15) is 13.2 Å². The van der Waals surface area contributed by atoms with Crippen LogP contribution in [-0.4, -0.2) is 38.9 Å². The molecule has 0 saturated carbocycles. The average molecular weight is 338 g/mol. The lowest BCUT2D eigenvalue weighted by Crippen LogP contribution is -2.29. The molecule has 1 saturated heterocycles. The van der Waals surface area contributed by atoms with Gasteiger partial charge in [0.05, 0.1) is 4.90 Å². The number of sulfonamides is 1. The Bertz CT molecular complexity index is 650. The smallest absolute Gasteiger partial charge is 0.254 e. The van der Waals surface area contributed by atoms with Crippen LogP contribution in [0.2, 0.25) is 0 Å². The molecule has 0 aliphatic carbocycles. The number of rotatable bonds is 7. The van der Waals surface area contributed by atoms with Crippen LogP contribution in [0.1, 0.15) is 54.9 Å². The van der Waals surface area contributed by atoms with Gasteiger partial charge in [0.15, 0.2) is 0 Å². The van der Waals surface area contributed by atoms with Crippen molar-refractivity contribution < 1.29 is 13.2 Å². The van der Waals surface area contributed by atoms with E-state index < -0.39 is 10.0 Å². The van der Waals surface area contributed by atoms with E-state index in [4.69, 9.17) is 0 Å². The molecular formula is C17H26N2O3S. The van der Waals surface area contributed by atoms with E-state index in [0.717, 1.165) is 50.8 Å². The predicted molar refractivity (Wildman–Crippen MR) is 91.0 cm³/mol. The minimum Gasteiger partial charge on any atom is -0.339 e. The van der Waals surface area contributed by atoms with Crippen LogP contribution >= 0.6 is 0 Å². The summed E-state index contributed by atoms with van der Waals surface area (Å²) < 4.78 is 27.3. The summed E-state index contributed by atoms with van der Waals surface area (Å²) in [6.07, 6.45) is 4.89. The topological polar surface area (TPSA) is 66.5 Å². The summed E-state index contributed by atoms with van der Waals surface area (Å²) in [5, 5.41) is 0. The van der Waals surface area contributed by atoms with Gasteiger partial charge in [-0.2, -0.15) is 0 Å². The highest BCUT2D eigenvalue weighted by atomic mass is 32.2. The summed E-state index contributed by atoms with van der Waals surface area (Å²) in [5.74, 6) is -0.0666. The van der Waals surface area contributed by atoms with Crippen LogP contribution in [0.4, 0.5) is 0 Å². The summed E-state index contributed by atoms with van der Waals surface area (Å²) in [7, 11) is -3.56. The molecule has 0 unspecified atom stereocenters. The summed E-state index contributed by atoms with van der Waals surface area (Å²) in [6, 6.07) is 4.79. The second-order valence-corrected chi connectivity index (χ2v) is 7.85. The molecule has 23 heavy (non-hydrogen) atoms. The molecule has 0 aromatic heterocycles. The van der Waals surface area contributed by atoms with Crippen LogP contribution < -0.4 is 4.72 Å². The average Bonchev–Trinajstić information content (AvgIpc) is 3.05. The quantitative estimate of drug-likeness (QED) is 0.777. The lowest BCUT2D eigenvalue weighted by Gasteiger charge is -2.17. The molecule has 1 amide bonds. The van der Waals surface area contributed by atoms with Gasteiger partial charge in [-0.1, -0.05) is 25.8 Å². The van der Waals surface area contributed by atoms with Crippen molar-refractivity contribution in [1.29, 1.82) is 0 Å². The maximum atomic E-state index is 12.6. The second-order valence-electron chi connectivity index (χ2n) is 6.08. The van der Waals surface area contributed by atoms with Crippen molar-refractivity contribution in [2.75, 3.05) is 19.6 Å². The van der Waals surface area contributed by atoms with Crippen molar-refractivity contribution in [3.05, 3.63) is 29.3 Å². The SMILES string of the molecule is CCCCCNS(=O)(=O)c1ccc(C)c(C(=O)N2CCCC2)c1. The molecular weight excluding hydrogens is 312 g/mol. The largest absolute Gasteiger partial charge is 0.339 e. The fraction of sp³-hybridized carbons (Fsp3) is 0.588. The highest BCUT2D eigenvalue weighted by Crippen LogP contribution is 2.20. The monoisotopic (exact) mass is 338 g/mol. The number of benzene rings is 1. The number of hydrogen-bond acceptors (Lipinski definition) is 3. The number of unbranched alkanes of at least 4 members (excludes halogenated alkanes) is 2. The summed E-state index contributed by atoms with van der Waals surface area (Å²) >= 11 is 0. The molecule has 1 aromatic carbocycles. The first kappa shape index (κ1) is 17.9. The molecule has 128 valence electrons. The standard InChI is InChI=1S/C17H26N2O3S/c1-3-4-5-10-18-23(21,22)15-9-8-14(2)16(13-15)17(20)19-11-6-7-12-19/h8-9,13,18H,3-7,10-12H2,1-2H3. The molecule has 0 radical (unpaired) electrons. The Kier molecular flexibility index (Phi) is 6.18. The number of nitrogens with zero attached hydrogens (tertiary/aromatic N) is 1. The van der Waals surface area contributed by atoms with Gasteiger partial charge in [-0.15, -0.1) is 0 Å². The van der Waals surface area contributed by atoms with Crippen LogP contribution in [0.25, 0.3) is 0 Å². The number of carbonyl (C=O) groups excluding carboxylic acids is 1. The van der Waals surface area contributed by atoms with Crippen LogP contribution in [-0.2, 0) is 10.0 Å². The number of likely N-dealkylation sites (tertiary alicyclic amines) is 1. The van der Waals surface area contributed by atoms with Crippen LogP contribution in [0.5, 0.6) is 0 Å². The Balaban J connectivity index is 2.17. The van der Waals surface area contributed by atoms with Crippen molar-refractivity contribution in [3.63, 3.8) is 0 Å². The Hall–Kier alpha value is -1.40. The van der Waals surface area contributed by atoms with Crippen LogP contribution in [0.3, 0.4) is 0 Å². The fourth-order valence-electron chi connectivity index (χ4n) is 2.75. The van der Waals surface area contributed by atoms with Gasteiger partial charge >= 0.3 is 0 Å². The van der Waals surface area contributed by atoms with Gasteiger partial charge in [0.25, 0.3) is 5.91 Å². The van der Waals surface area contributed by atoms with Gasteiger partial charge in [0.2, 0.25) is 10.0 Å². The number of carbonyl (C=O) groups is 1. The molecule has 1 aromatic rings. The number of hydrogen-bond donors (Lipinski definition) is 1. The van der Waals surface area contributed by atoms with Gasteiger partial charge < -0.3 is 4.90 Å². The molecule has 0 bridgehead atoms. The van der Waals surface area contributed by atoms with E-state index in [1.54, 1.807) is 17.0 Å². The van der Waals surface area contributed by atoms with Gasteiger partial charge in [-0.25, -0.2) is 13.1 Å². The van der Waals surface area contributed by atoms with E-state index in [2.05, 4.69) is 11.6 Å². The van der Waals surface area contributed by atoms with Crippen molar-refractivity contribution in [2.45, 2.75) is 50.8 Å². The van der Waals surface area contributed by atoms with Gasteiger partial charge in [-0.3, -0.25) is 4.79 Å². The fourth-order valence-corrected chi connectivity index (χ4v) is 3.85. The lowest BCUT2D eigenvalue weighted by molar-refractivity contribution is 0.0792. The number of nitrogens with one attached hydrogen (secondary N) is 1. The Morgan fingerprint density at radius 1 is 1.22 bits per heavy atom. The highest BCUT2D eigenvalue weighted by molar-refractivity contribution is 7.89. The summed E-state index contributed by atoms with van der Waals surface area (Å²) in [4.78, 5) is 14.5. The summed E-state index contributed by atoms with van der Waals surface area (Å²) in [6.45, 7) is 5.85. The zero-order valence-corrected chi connectivity index (χ0v) is 14.8. The molecule has 5 nitrogen and oxygen atoms in total. The minimum absolute atomic E-state index is 0.0666. The molecule has 0 spiro atoms. The molecule has 1 aliphatic rings. The second kappa shape index (κ2) is 7.93. The molecule has 0 atom stereocenters. The van der Waals surface area contributed by atoms with Crippen molar-refractivity contribution >= 4 is 15.9 Å². The molecule has 1 heterocycles. The third-order valence-electron chi connectivity index (χ3n) is 4.22. The van der Waals surface area contributed by atoms with E-state index in [1.165, 1.54) is 6.07 Å². The molecule has 1 fully saturated rings. The molecule has 6 heteroatoms.